The first-order valence-electron chi connectivity index (χ1n) is 7.16. The average molecular weight is 282 g/mol. The maximum Gasteiger partial charge on any atom is 0.128 e. The second kappa shape index (κ2) is 6.58. The molecule has 0 amide bonds. The minimum Gasteiger partial charge on any atom is -0.356 e. The lowest BCUT2D eigenvalue weighted by Crippen LogP contribution is -2.39. The van der Waals surface area contributed by atoms with Gasteiger partial charge in [-0.2, -0.15) is 0 Å². The molecule has 106 valence electrons. The molecule has 4 heteroatoms. The zero-order valence-corrected chi connectivity index (χ0v) is 12.9. The average Bonchev–Trinajstić information content (AvgIpc) is 2.41. The molecule has 3 nitrogen and oxygen atoms in total. The van der Waals surface area contributed by atoms with Crippen LogP contribution >= 0.6 is 11.6 Å². The number of hydrogen-bond donors (Lipinski definition) is 1. The third-order valence-corrected chi connectivity index (χ3v) is 4.52. The van der Waals surface area contributed by atoms with Gasteiger partial charge in [-0.15, -0.1) is 0 Å². The van der Waals surface area contributed by atoms with E-state index in [0.29, 0.717) is 12.6 Å². The number of nitrogens with one attached hydrogen (secondary N) is 1. The van der Waals surface area contributed by atoms with Gasteiger partial charge in [-0.1, -0.05) is 31.4 Å². The Hall–Kier alpha value is -0.800. The lowest BCUT2D eigenvalue weighted by molar-refractivity contribution is 0.320. The van der Waals surface area contributed by atoms with Crippen LogP contribution in [-0.2, 0) is 6.54 Å². The summed E-state index contributed by atoms with van der Waals surface area (Å²) in [5, 5.41) is 3.85. The lowest BCUT2D eigenvalue weighted by atomic mass is 9.85. The standard InChI is InChI=1S/C15H24ClN3/c1-11-6-4-5-7-14(11)19(3)15-9-8-12(16)13(18-15)10-17-2/h8-9,11,14,17H,4-7,10H2,1-3H3. The Morgan fingerprint density at radius 1 is 1.37 bits per heavy atom. The molecule has 1 saturated carbocycles. The molecule has 0 bridgehead atoms. The zero-order valence-electron chi connectivity index (χ0n) is 12.1. The highest BCUT2D eigenvalue weighted by molar-refractivity contribution is 6.31. The van der Waals surface area contributed by atoms with E-state index in [0.717, 1.165) is 22.5 Å². The summed E-state index contributed by atoms with van der Waals surface area (Å²) in [6, 6.07) is 4.59. The third kappa shape index (κ3) is 3.40. The minimum atomic E-state index is 0.602. The molecule has 0 saturated heterocycles. The summed E-state index contributed by atoms with van der Waals surface area (Å²) in [7, 11) is 4.07. The highest BCUT2D eigenvalue weighted by Gasteiger charge is 2.25. The quantitative estimate of drug-likeness (QED) is 0.916. The Kier molecular flexibility index (Phi) is 5.06. The third-order valence-electron chi connectivity index (χ3n) is 4.17. The fourth-order valence-electron chi connectivity index (χ4n) is 3.00. The van der Waals surface area contributed by atoms with Crippen LogP contribution in [0, 0.1) is 5.92 Å². The van der Waals surface area contributed by atoms with E-state index in [1.54, 1.807) is 0 Å². The smallest absolute Gasteiger partial charge is 0.128 e. The summed E-state index contributed by atoms with van der Waals surface area (Å²) in [5.41, 5.74) is 0.928. The van der Waals surface area contributed by atoms with E-state index in [4.69, 9.17) is 16.6 Å². The van der Waals surface area contributed by atoms with Crippen LogP contribution in [0.15, 0.2) is 12.1 Å². The largest absolute Gasteiger partial charge is 0.356 e. The van der Waals surface area contributed by atoms with Gasteiger partial charge >= 0.3 is 0 Å². The number of anilines is 1. The molecule has 0 aromatic carbocycles. The predicted octanol–water partition coefficient (Wildman–Crippen LogP) is 3.47. The van der Waals surface area contributed by atoms with Crippen molar-refractivity contribution in [3.05, 3.63) is 22.8 Å². The maximum atomic E-state index is 6.17. The number of aromatic nitrogens is 1. The molecule has 1 aromatic rings. The van der Waals surface area contributed by atoms with Crippen molar-refractivity contribution < 1.29 is 0 Å². The summed E-state index contributed by atoms with van der Waals surface area (Å²) in [6.45, 7) is 3.06. The Balaban J connectivity index is 2.18. The van der Waals surface area contributed by atoms with Crippen LogP contribution in [0.4, 0.5) is 5.82 Å². The van der Waals surface area contributed by atoms with Gasteiger partial charge < -0.3 is 10.2 Å². The van der Waals surface area contributed by atoms with Gasteiger partial charge in [0.05, 0.1) is 10.7 Å². The van der Waals surface area contributed by atoms with Crippen LogP contribution in [0.2, 0.25) is 5.02 Å². The molecular formula is C15H24ClN3. The van der Waals surface area contributed by atoms with Crippen molar-refractivity contribution in [3.8, 4) is 0 Å². The zero-order chi connectivity index (χ0) is 13.8. The first kappa shape index (κ1) is 14.6. The molecule has 2 rings (SSSR count). The van der Waals surface area contributed by atoms with Gasteiger partial charge in [0.2, 0.25) is 0 Å². The van der Waals surface area contributed by atoms with Crippen LogP contribution in [0.3, 0.4) is 0 Å². The second-order valence-electron chi connectivity index (χ2n) is 5.57. The van der Waals surface area contributed by atoms with Gasteiger partial charge in [0, 0.05) is 19.6 Å². The number of halogens is 1. The lowest BCUT2D eigenvalue weighted by Gasteiger charge is -2.37. The molecule has 1 aliphatic rings. The first-order chi connectivity index (χ1) is 9.13. The Morgan fingerprint density at radius 3 is 2.79 bits per heavy atom. The van der Waals surface area contributed by atoms with Crippen LogP contribution in [-0.4, -0.2) is 25.1 Å². The molecule has 0 radical (unpaired) electrons. The fourth-order valence-corrected chi connectivity index (χ4v) is 3.17. The normalized spacial score (nSPS) is 23.4. The van der Waals surface area contributed by atoms with Crippen molar-refractivity contribution in [1.82, 2.24) is 10.3 Å². The fraction of sp³-hybridized carbons (Fsp3) is 0.667. The van der Waals surface area contributed by atoms with Gasteiger partial charge in [-0.25, -0.2) is 4.98 Å². The molecule has 1 aromatic heterocycles. The summed E-state index contributed by atoms with van der Waals surface area (Å²) >= 11 is 6.17. The SMILES string of the molecule is CNCc1nc(N(C)C2CCCCC2C)ccc1Cl. The summed E-state index contributed by atoms with van der Waals surface area (Å²) in [6.07, 6.45) is 5.29. The van der Waals surface area contributed by atoms with Gasteiger partial charge in [-0.05, 0) is 37.9 Å². The molecule has 1 heterocycles. The van der Waals surface area contributed by atoms with Crippen molar-refractivity contribution in [3.63, 3.8) is 0 Å². The molecule has 1 aliphatic carbocycles. The minimum absolute atomic E-state index is 0.602. The summed E-state index contributed by atoms with van der Waals surface area (Å²) in [5.74, 6) is 1.78. The van der Waals surface area contributed by atoms with E-state index in [-0.39, 0.29) is 0 Å². The number of rotatable bonds is 4. The second-order valence-corrected chi connectivity index (χ2v) is 5.98. The van der Waals surface area contributed by atoms with Crippen molar-refractivity contribution in [2.75, 3.05) is 19.0 Å². The van der Waals surface area contributed by atoms with Gasteiger partial charge in [0.25, 0.3) is 0 Å². The van der Waals surface area contributed by atoms with Crippen molar-refractivity contribution in [2.45, 2.75) is 45.2 Å². The van der Waals surface area contributed by atoms with Crippen LogP contribution in [0.1, 0.15) is 38.3 Å². The van der Waals surface area contributed by atoms with Crippen LogP contribution in [0.5, 0.6) is 0 Å². The molecule has 0 aliphatic heterocycles. The van der Waals surface area contributed by atoms with Crippen LogP contribution < -0.4 is 10.2 Å². The Labute approximate surface area is 121 Å². The number of hydrogen-bond acceptors (Lipinski definition) is 3. The first-order valence-corrected chi connectivity index (χ1v) is 7.54. The number of pyridine rings is 1. The van der Waals surface area contributed by atoms with E-state index < -0.39 is 0 Å². The monoisotopic (exact) mass is 281 g/mol. The van der Waals surface area contributed by atoms with Crippen LogP contribution in [0.25, 0.3) is 0 Å². The van der Waals surface area contributed by atoms with Gasteiger partial charge in [0.15, 0.2) is 0 Å². The maximum absolute atomic E-state index is 6.17. The van der Waals surface area contributed by atoms with Gasteiger partial charge in [-0.3, -0.25) is 0 Å². The molecule has 1 N–H and O–H groups in total. The Morgan fingerprint density at radius 2 is 2.11 bits per heavy atom. The summed E-state index contributed by atoms with van der Waals surface area (Å²) in [4.78, 5) is 7.04. The Bertz CT molecular complexity index is 422. The predicted molar refractivity (Wildman–Crippen MR) is 81.8 cm³/mol. The number of nitrogens with zero attached hydrogens (tertiary/aromatic N) is 2. The molecule has 2 unspecified atom stereocenters. The van der Waals surface area contributed by atoms with Gasteiger partial charge in [0.1, 0.15) is 5.82 Å². The molecule has 1 fully saturated rings. The molecule has 19 heavy (non-hydrogen) atoms. The topological polar surface area (TPSA) is 28.2 Å². The van der Waals surface area contributed by atoms with E-state index in [1.165, 1.54) is 25.7 Å². The summed E-state index contributed by atoms with van der Waals surface area (Å²) < 4.78 is 0. The highest BCUT2D eigenvalue weighted by atomic mass is 35.5. The van der Waals surface area contributed by atoms with E-state index in [1.807, 2.05) is 19.2 Å². The van der Waals surface area contributed by atoms with Crippen molar-refractivity contribution >= 4 is 17.4 Å². The van der Waals surface area contributed by atoms with E-state index in [9.17, 15) is 0 Å². The molecular weight excluding hydrogens is 258 g/mol. The van der Waals surface area contributed by atoms with Crippen molar-refractivity contribution in [1.29, 1.82) is 0 Å². The molecule has 2 atom stereocenters. The van der Waals surface area contributed by atoms with E-state index in [2.05, 4.69) is 24.2 Å². The van der Waals surface area contributed by atoms with Crippen molar-refractivity contribution in [2.24, 2.45) is 5.92 Å². The molecule has 0 spiro atoms. The highest BCUT2D eigenvalue weighted by Crippen LogP contribution is 2.30. The van der Waals surface area contributed by atoms with E-state index >= 15 is 0 Å².